The first-order valence-corrected chi connectivity index (χ1v) is 7.83. The van der Waals surface area contributed by atoms with Crippen LogP contribution < -0.4 is 10.5 Å². The van der Waals surface area contributed by atoms with Gasteiger partial charge in [0, 0.05) is 6.42 Å². The molecule has 4 heteroatoms. The normalized spacial score (nSPS) is 17.1. The minimum atomic E-state index is -0.0821. The molecule has 116 valence electrons. The van der Waals surface area contributed by atoms with Gasteiger partial charge in [-0.25, -0.2) is 0 Å². The highest BCUT2D eigenvalue weighted by Gasteiger charge is 2.22. The Morgan fingerprint density at radius 1 is 1.38 bits per heavy atom. The highest BCUT2D eigenvalue weighted by atomic mass is 16.5. The van der Waals surface area contributed by atoms with Crippen LogP contribution in [0, 0.1) is 5.92 Å². The maximum Gasteiger partial charge on any atom is 0.306 e. The van der Waals surface area contributed by atoms with Gasteiger partial charge in [0.05, 0.1) is 13.2 Å². The Morgan fingerprint density at radius 2 is 2.24 bits per heavy atom. The number of ether oxygens (including phenoxy) is 2. The number of fused-ring (bicyclic) bond motifs is 1. The quantitative estimate of drug-likeness (QED) is 0.619. The van der Waals surface area contributed by atoms with Crippen molar-refractivity contribution in [1.29, 1.82) is 0 Å². The van der Waals surface area contributed by atoms with E-state index in [1.54, 1.807) is 0 Å². The predicted octanol–water partition coefficient (Wildman–Crippen LogP) is 2.47. The summed E-state index contributed by atoms with van der Waals surface area (Å²) in [6.07, 6.45) is 4.40. The van der Waals surface area contributed by atoms with Crippen molar-refractivity contribution in [2.45, 2.75) is 39.0 Å². The van der Waals surface area contributed by atoms with E-state index in [0.717, 1.165) is 31.4 Å². The molecule has 0 saturated carbocycles. The van der Waals surface area contributed by atoms with E-state index in [1.165, 1.54) is 11.1 Å². The predicted molar refractivity (Wildman–Crippen MR) is 82.4 cm³/mol. The number of hydrogen-bond donors (Lipinski definition) is 1. The van der Waals surface area contributed by atoms with E-state index in [0.29, 0.717) is 32.1 Å². The Morgan fingerprint density at radius 3 is 3.00 bits per heavy atom. The van der Waals surface area contributed by atoms with E-state index in [-0.39, 0.29) is 5.97 Å². The van der Waals surface area contributed by atoms with Gasteiger partial charge in [-0.05, 0) is 68.3 Å². The van der Waals surface area contributed by atoms with Gasteiger partial charge in [-0.1, -0.05) is 6.07 Å². The lowest BCUT2D eigenvalue weighted by molar-refractivity contribution is -0.144. The highest BCUT2D eigenvalue weighted by molar-refractivity contribution is 5.69. The number of benzene rings is 1. The number of rotatable bonds is 7. The van der Waals surface area contributed by atoms with Gasteiger partial charge in [-0.3, -0.25) is 4.79 Å². The molecule has 1 aliphatic rings. The molecule has 0 bridgehead atoms. The van der Waals surface area contributed by atoms with Crippen molar-refractivity contribution in [3.8, 4) is 5.75 Å². The van der Waals surface area contributed by atoms with Gasteiger partial charge in [0.25, 0.3) is 0 Å². The number of nitrogens with two attached hydrogens (primary N) is 1. The molecule has 0 radical (unpaired) electrons. The van der Waals surface area contributed by atoms with Crippen molar-refractivity contribution in [3.63, 3.8) is 0 Å². The van der Waals surface area contributed by atoms with Crippen LogP contribution in [0.1, 0.15) is 37.3 Å². The van der Waals surface area contributed by atoms with Crippen molar-refractivity contribution in [1.82, 2.24) is 0 Å². The van der Waals surface area contributed by atoms with Gasteiger partial charge in [-0.15, -0.1) is 0 Å². The van der Waals surface area contributed by atoms with E-state index in [1.807, 2.05) is 13.0 Å². The van der Waals surface area contributed by atoms with Crippen molar-refractivity contribution >= 4 is 5.97 Å². The van der Waals surface area contributed by atoms with Crippen LogP contribution in [0.15, 0.2) is 18.2 Å². The zero-order valence-electron chi connectivity index (χ0n) is 12.8. The molecule has 1 aromatic rings. The second-order valence-corrected chi connectivity index (χ2v) is 5.54. The average Bonchev–Trinajstić information content (AvgIpc) is 2.47. The summed E-state index contributed by atoms with van der Waals surface area (Å²) in [6.45, 7) is 3.61. The SMILES string of the molecule is CCOC(=O)CC1CCc2ccc(OCCCN)cc2C1. The first-order valence-electron chi connectivity index (χ1n) is 7.83. The summed E-state index contributed by atoms with van der Waals surface area (Å²) in [4.78, 5) is 11.6. The molecule has 0 aliphatic heterocycles. The molecule has 1 atom stereocenters. The molecule has 0 aromatic heterocycles. The Bertz CT molecular complexity index is 473. The molecule has 2 N–H and O–H groups in total. The maximum atomic E-state index is 11.6. The molecule has 2 rings (SSSR count). The molecule has 4 nitrogen and oxygen atoms in total. The van der Waals surface area contributed by atoms with Crippen LogP contribution in [0.2, 0.25) is 0 Å². The van der Waals surface area contributed by atoms with Crippen LogP contribution in [0.4, 0.5) is 0 Å². The summed E-state index contributed by atoms with van der Waals surface area (Å²) >= 11 is 0. The fourth-order valence-electron chi connectivity index (χ4n) is 2.80. The van der Waals surface area contributed by atoms with Crippen molar-refractivity contribution in [3.05, 3.63) is 29.3 Å². The zero-order chi connectivity index (χ0) is 15.1. The third kappa shape index (κ3) is 4.74. The molecule has 0 fully saturated rings. The van der Waals surface area contributed by atoms with Crippen molar-refractivity contribution in [2.75, 3.05) is 19.8 Å². The lowest BCUT2D eigenvalue weighted by Gasteiger charge is -2.24. The number of esters is 1. The molecular formula is C17H25NO3. The molecule has 1 aliphatic carbocycles. The first kappa shape index (κ1) is 15.8. The van der Waals surface area contributed by atoms with E-state index >= 15 is 0 Å². The first-order chi connectivity index (χ1) is 10.2. The van der Waals surface area contributed by atoms with Gasteiger partial charge in [0.1, 0.15) is 5.75 Å². The van der Waals surface area contributed by atoms with E-state index in [9.17, 15) is 4.79 Å². The van der Waals surface area contributed by atoms with Gasteiger partial charge in [-0.2, -0.15) is 0 Å². The third-order valence-corrected chi connectivity index (χ3v) is 3.89. The molecular weight excluding hydrogens is 266 g/mol. The Kier molecular flexibility index (Phi) is 6.05. The van der Waals surface area contributed by atoms with Gasteiger partial charge < -0.3 is 15.2 Å². The molecule has 1 unspecified atom stereocenters. The molecule has 0 amide bonds. The van der Waals surface area contributed by atoms with Crippen molar-refractivity contribution < 1.29 is 14.3 Å². The molecule has 0 heterocycles. The highest BCUT2D eigenvalue weighted by Crippen LogP contribution is 2.30. The monoisotopic (exact) mass is 291 g/mol. The van der Waals surface area contributed by atoms with Crippen LogP contribution >= 0.6 is 0 Å². The molecule has 1 aromatic carbocycles. The van der Waals surface area contributed by atoms with Crippen LogP contribution in [0.3, 0.4) is 0 Å². The van der Waals surface area contributed by atoms with Crippen LogP contribution in [0.5, 0.6) is 5.75 Å². The zero-order valence-corrected chi connectivity index (χ0v) is 12.8. The summed E-state index contributed by atoms with van der Waals surface area (Å²) in [5.74, 6) is 1.20. The molecule has 21 heavy (non-hydrogen) atoms. The fraction of sp³-hybridized carbons (Fsp3) is 0.588. The Hall–Kier alpha value is -1.55. The lowest BCUT2D eigenvalue weighted by Crippen LogP contribution is -2.19. The fourth-order valence-corrected chi connectivity index (χ4v) is 2.80. The second-order valence-electron chi connectivity index (χ2n) is 5.54. The summed E-state index contributed by atoms with van der Waals surface area (Å²) in [5.41, 5.74) is 8.15. The molecule has 0 spiro atoms. The lowest BCUT2D eigenvalue weighted by atomic mass is 9.82. The van der Waals surface area contributed by atoms with Gasteiger partial charge >= 0.3 is 5.97 Å². The smallest absolute Gasteiger partial charge is 0.306 e. The van der Waals surface area contributed by atoms with E-state index in [2.05, 4.69) is 12.1 Å². The summed E-state index contributed by atoms with van der Waals surface area (Å²) < 4.78 is 10.7. The minimum Gasteiger partial charge on any atom is -0.494 e. The average molecular weight is 291 g/mol. The van der Waals surface area contributed by atoms with Crippen LogP contribution in [-0.4, -0.2) is 25.7 Å². The van der Waals surface area contributed by atoms with E-state index < -0.39 is 0 Å². The number of hydrogen-bond acceptors (Lipinski definition) is 4. The number of aryl methyl sites for hydroxylation is 1. The third-order valence-electron chi connectivity index (χ3n) is 3.89. The van der Waals surface area contributed by atoms with Crippen molar-refractivity contribution in [2.24, 2.45) is 11.7 Å². The Labute approximate surface area is 126 Å². The Balaban J connectivity index is 1.94. The van der Waals surface area contributed by atoms with Gasteiger partial charge in [0.15, 0.2) is 0 Å². The largest absolute Gasteiger partial charge is 0.494 e. The van der Waals surface area contributed by atoms with Crippen LogP contribution in [0.25, 0.3) is 0 Å². The second kappa shape index (κ2) is 8.03. The summed E-state index contributed by atoms with van der Waals surface area (Å²) in [5, 5.41) is 0. The van der Waals surface area contributed by atoms with E-state index in [4.69, 9.17) is 15.2 Å². The number of carbonyl (C=O) groups is 1. The minimum absolute atomic E-state index is 0.0821. The van der Waals surface area contributed by atoms with Gasteiger partial charge in [0.2, 0.25) is 0 Å². The summed E-state index contributed by atoms with van der Waals surface area (Å²) in [6, 6.07) is 6.29. The molecule has 0 saturated heterocycles. The van der Waals surface area contributed by atoms with Crippen LogP contribution in [-0.2, 0) is 22.4 Å². The standard InChI is InChI=1S/C17H25NO3/c1-2-20-17(19)11-13-4-5-14-6-7-16(12-15(14)10-13)21-9-3-8-18/h6-7,12-13H,2-5,8-11,18H2,1H3. The number of carbonyl (C=O) groups excluding carboxylic acids is 1. The topological polar surface area (TPSA) is 61.5 Å². The summed E-state index contributed by atoms with van der Waals surface area (Å²) in [7, 11) is 0. The maximum absolute atomic E-state index is 11.6.